The minimum absolute atomic E-state index is 0.00502. The Morgan fingerprint density at radius 1 is 1.14 bits per heavy atom. The van der Waals surface area contributed by atoms with Crippen LogP contribution in [-0.4, -0.2) is 28.6 Å². The molecule has 1 aliphatic rings. The van der Waals surface area contributed by atoms with Gasteiger partial charge in [-0.15, -0.1) is 10.2 Å². The highest BCUT2D eigenvalue weighted by atomic mass is 32.1. The van der Waals surface area contributed by atoms with Crippen molar-refractivity contribution < 1.29 is 9.59 Å². The number of nitrogens with zero attached hydrogens (tertiary/aromatic N) is 3. The standard InChI is InChI=1S/C22H22N4O2S/c1-15-7-5-6-10-18(15)26-14-17(13-20(26)28)21-24-25-22(29-21)23-19(27)12-11-16-8-3-2-4-9-16/h2-10,17H,11-14H2,1H3,(H,23,25,27). The quantitative estimate of drug-likeness (QED) is 0.673. The largest absolute Gasteiger partial charge is 0.311 e. The minimum Gasteiger partial charge on any atom is -0.311 e. The summed E-state index contributed by atoms with van der Waals surface area (Å²) < 4.78 is 0. The topological polar surface area (TPSA) is 75.2 Å². The maximum atomic E-state index is 12.5. The number of rotatable bonds is 6. The van der Waals surface area contributed by atoms with Crippen LogP contribution in [0.5, 0.6) is 0 Å². The third-order valence-electron chi connectivity index (χ3n) is 5.05. The van der Waals surface area contributed by atoms with Crippen LogP contribution in [0.25, 0.3) is 0 Å². The average Bonchev–Trinajstić information content (AvgIpc) is 3.34. The smallest absolute Gasteiger partial charge is 0.227 e. The highest BCUT2D eigenvalue weighted by Crippen LogP contribution is 2.35. The van der Waals surface area contributed by atoms with Gasteiger partial charge in [-0.1, -0.05) is 59.9 Å². The van der Waals surface area contributed by atoms with Crippen LogP contribution in [-0.2, 0) is 16.0 Å². The molecule has 0 aliphatic carbocycles. The van der Waals surface area contributed by atoms with Crippen LogP contribution >= 0.6 is 11.3 Å². The molecule has 2 heterocycles. The lowest BCUT2D eigenvalue weighted by atomic mass is 10.1. The monoisotopic (exact) mass is 406 g/mol. The van der Waals surface area contributed by atoms with E-state index in [0.717, 1.165) is 21.8 Å². The number of aromatic nitrogens is 2. The van der Waals surface area contributed by atoms with Crippen molar-refractivity contribution in [2.75, 3.05) is 16.8 Å². The fourth-order valence-corrected chi connectivity index (χ4v) is 4.36. The number of para-hydroxylation sites is 1. The molecule has 0 spiro atoms. The molecule has 1 N–H and O–H groups in total. The molecule has 1 aliphatic heterocycles. The van der Waals surface area contributed by atoms with Gasteiger partial charge in [0.1, 0.15) is 5.01 Å². The van der Waals surface area contributed by atoms with E-state index in [0.29, 0.717) is 30.9 Å². The van der Waals surface area contributed by atoms with E-state index in [2.05, 4.69) is 15.5 Å². The molecular formula is C22H22N4O2S. The van der Waals surface area contributed by atoms with Crippen LogP contribution in [0.15, 0.2) is 54.6 Å². The second-order valence-electron chi connectivity index (χ2n) is 7.17. The van der Waals surface area contributed by atoms with Gasteiger partial charge >= 0.3 is 0 Å². The summed E-state index contributed by atoms with van der Waals surface area (Å²) in [5.74, 6) is 0.00288. The molecule has 1 saturated heterocycles. The van der Waals surface area contributed by atoms with Gasteiger partial charge in [0.15, 0.2) is 0 Å². The Morgan fingerprint density at radius 3 is 2.69 bits per heavy atom. The number of hydrogen-bond acceptors (Lipinski definition) is 5. The summed E-state index contributed by atoms with van der Waals surface area (Å²) in [7, 11) is 0. The molecule has 4 rings (SSSR count). The van der Waals surface area contributed by atoms with E-state index in [9.17, 15) is 9.59 Å². The zero-order valence-electron chi connectivity index (χ0n) is 16.2. The Kier molecular flexibility index (Phi) is 5.67. The fraction of sp³-hybridized carbons (Fsp3) is 0.273. The van der Waals surface area contributed by atoms with Gasteiger partial charge in [0.2, 0.25) is 16.9 Å². The average molecular weight is 407 g/mol. The molecule has 1 unspecified atom stereocenters. The van der Waals surface area contributed by atoms with Gasteiger partial charge in [-0.3, -0.25) is 9.59 Å². The molecule has 1 fully saturated rings. The third-order valence-corrected chi connectivity index (χ3v) is 6.05. The van der Waals surface area contributed by atoms with Gasteiger partial charge in [0, 0.05) is 31.0 Å². The summed E-state index contributed by atoms with van der Waals surface area (Å²) >= 11 is 1.35. The zero-order chi connectivity index (χ0) is 20.2. The minimum atomic E-state index is -0.0828. The van der Waals surface area contributed by atoms with Crippen molar-refractivity contribution in [3.05, 3.63) is 70.7 Å². The Bertz CT molecular complexity index is 1020. The van der Waals surface area contributed by atoms with Gasteiger partial charge < -0.3 is 10.2 Å². The first-order chi connectivity index (χ1) is 14.1. The lowest BCUT2D eigenvalue weighted by molar-refractivity contribution is -0.117. The van der Waals surface area contributed by atoms with Gasteiger partial charge in [-0.2, -0.15) is 0 Å². The third kappa shape index (κ3) is 4.51. The molecule has 2 aromatic carbocycles. The summed E-state index contributed by atoms with van der Waals surface area (Å²) in [6, 6.07) is 17.8. The number of benzene rings is 2. The predicted molar refractivity (Wildman–Crippen MR) is 114 cm³/mol. The molecule has 0 bridgehead atoms. The van der Waals surface area contributed by atoms with Gasteiger partial charge in [-0.05, 0) is 30.5 Å². The first-order valence-electron chi connectivity index (χ1n) is 9.63. The molecule has 2 amide bonds. The lowest BCUT2D eigenvalue weighted by Gasteiger charge is -2.18. The Morgan fingerprint density at radius 2 is 1.90 bits per heavy atom. The Hall–Kier alpha value is -3.06. The highest BCUT2D eigenvalue weighted by molar-refractivity contribution is 7.15. The second kappa shape index (κ2) is 8.53. The lowest BCUT2D eigenvalue weighted by Crippen LogP contribution is -2.25. The summed E-state index contributed by atoms with van der Waals surface area (Å²) in [6.45, 7) is 2.59. The van der Waals surface area contributed by atoms with Crippen LogP contribution in [0.1, 0.15) is 34.9 Å². The fourth-order valence-electron chi connectivity index (χ4n) is 3.51. The summed E-state index contributed by atoms with van der Waals surface area (Å²) in [5.41, 5.74) is 3.14. The molecule has 1 atom stereocenters. The van der Waals surface area contributed by atoms with E-state index in [1.165, 1.54) is 11.3 Å². The van der Waals surface area contributed by atoms with Crippen molar-refractivity contribution in [1.29, 1.82) is 0 Å². The van der Waals surface area contributed by atoms with Crippen LogP contribution in [0, 0.1) is 6.92 Å². The first kappa shape index (κ1) is 19.3. The normalized spacial score (nSPS) is 16.2. The van der Waals surface area contributed by atoms with E-state index in [-0.39, 0.29) is 17.7 Å². The van der Waals surface area contributed by atoms with Crippen LogP contribution in [0.3, 0.4) is 0 Å². The number of nitrogens with one attached hydrogen (secondary N) is 1. The van der Waals surface area contributed by atoms with Gasteiger partial charge in [0.05, 0.1) is 0 Å². The summed E-state index contributed by atoms with van der Waals surface area (Å²) in [5, 5.41) is 12.4. The van der Waals surface area contributed by atoms with Crippen molar-refractivity contribution in [2.45, 2.75) is 32.1 Å². The molecule has 148 valence electrons. The van der Waals surface area contributed by atoms with E-state index in [1.54, 1.807) is 0 Å². The van der Waals surface area contributed by atoms with Crippen LogP contribution < -0.4 is 10.2 Å². The summed E-state index contributed by atoms with van der Waals surface area (Å²) in [4.78, 5) is 26.6. The second-order valence-corrected chi connectivity index (χ2v) is 8.18. The van der Waals surface area contributed by atoms with E-state index in [1.807, 2.05) is 66.4 Å². The maximum absolute atomic E-state index is 12.5. The van der Waals surface area contributed by atoms with Crippen molar-refractivity contribution in [1.82, 2.24) is 10.2 Å². The molecule has 0 radical (unpaired) electrons. The van der Waals surface area contributed by atoms with Crippen LogP contribution in [0.2, 0.25) is 0 Å². The van der Waals surface area contributed by atoms with E-state index in [4.69, 9.17) is 0 Å². The Balaban J connectivity index is 1.36. The number of carbonyl (C=O) groups is 2. The number of amides is 2. The number of carbonyl (C=O) groups excluding carboxylic acids is 2. The summed E-state index contributed by atoms with van der Waals surface area (Å²) in [6.07, 6.45) is 1.48. The SMILES string of the molecule is Cc1ccccc1N1CC(c2nnc(NC(=O)CCc3ccccc3)s2)CC1=O. The zero-order valence-corrected chi connectivity index (χ0v) is 17.0. The predicted octanol–water partition coefficient (Wildman–Crippen LogP) is 3.94. The van der Waals surface area contributed by atoms with Crippen molar-refractivity contribution in [3.8, 4) is 0 Å². The van der Waals surface area contributed by atoms with Crippen molar-refractivity contribution in [3.63, 3.8) is 0 Å². The van der Waals surface area contributed by atoms with Crippen molar-refractivity contribution >= 4 is 34.0 Å². The first-order valence-corrected chi connectivity index (χ1v) is 10.4. The van der Waals surface area contributed by atoms with Crippen LogP contribution in [0.4, 0.5) is 10.8 Å². The maximum Gasteiger partial charge on any atom is 0.227 e. The highest BCUT2D eigenvalue weighted by Gasteiger charge is 2.34. The molecule has 3 aromatic rings. The van der Waals surface area contributed by atoms with Crippen molar-refractivity contribution in [2.24, 2.45) is 0 Å². The number of hydrogen-bond donors (Lipinski definition) is 1. The Labute approximate surface area is 173 Å². The number of anilines is 2. The molecule has 6 nitrogen and oxygen atoms in total. The number of aryl methyl sites for hydroxylation is 2. The molecule has 1 aromatic heterocycles. The van der Waals surface area contributed by atoms with Gasteiger partial charge in [0.25, 0.3) is 0 Å². The van der Waals surface area contributed by atoms with E-state index >= 15 is 0 Å². The molecule has 0 saturated carbocycles. The van der Waals surface area contributed by atoms with Gasteiger partial charge in [-0.25, -0.2) is 0 Å². The molecule has 29 heavy (non-hydrogen) atoms. The molecular weight excluding hydrogens is 384 g/mol. The van der Waals surface area contributed by atoms with E-state index < -0.39 is 0 Å². The molecule has 7 heteroatoms.